The molecule has 2 aliphatic carbocycles. The van der Waals surface area contributed by atoms with Gasteiger partial charge in [-0.25, -0.2) is 0 Å². The highest BCUT2D eigenvalue weighted by Gasteiger charge is 2.28. The summed E-state index contributed by atoms with van der Waals surface area (Å²) >= 11 is 0. The molecule has 0 aliphatic heterocycles. The first-order chi connectivity index (χ1) is 11.2. The molecule has 2 aliphatic rings. The maximum atomic E-state index is 12.9. The fourth-order valence-corrected chi connectivity index (χ4v) is 3.75. The Balaban J connectivity index is 1.67. The third kappa shape index (κ3) is 2.97. The van der Waals surface area contributed by atoms with Gasteiger partial charge in [0, 0.05) is 23.0 Å². The Morgan fingerprint density at radius 3 is 2.70 bits per heavy atom. The van der Waals surface area contributed by atoms with Crippen molar-refractivity contribution in [2.45, 2.75) is 57.4 Å². The van der Waals surface area contributed by atoms with E-state index in [4.69, 9.17) is 4.98 Å². The molecular formula is C20H24N2O. The van der Waals surface area contributed by atoms with Crippen molar-refractivity contribution in [2.75, 3.05) is 0 Å². The number of amides is 1. The molecule has 0 bridgehead atoms. The fourth-order valence-electron chi connectivity index (χ4n) is 3.75. The zero-order chi connectivity index (χ0) is 15.8. The van der Waals surface area contributed by atoms with Gasteiger partial charge in [-0.1, -0.05) is 38.0 Å². The third-order valence-electron chi connectivity index (χ3n) is 5.40. The van der Waals surface area contributed by atoms with Gasteiger partial charge in [0.2, 0.25) is 0 Å². The van der Waals surface area contributed by atoms with Gasteiger partial charge < -0.3 is 5.32 Å². The zero-order valence-electron chi connectivity index (χ0n) is 13.7. The molecule has 2 aromatic rings. The number of aromatic nitrogens is 1. The number of para-hydroxylation sites is 1. The molecule has 1 N–H and O–H groups in total. The standard InChI is InChI=1S/C20H24N2O/c1-13-6-2-4-8-17(13)22-20(23)16-12-19(14-10-11-14)21-18-9-5-3-7-15(16)18/h3,5,7,9,12-14,17H,2,4,6,8,10-11H2,1H3,(H,22,23). The first-order valence-electron chi connectivity index (χ1n) is 8.93. The van der Waals surface area contributed by atoms with Crippen molar-refractivity contribution in [1.82, 2.24) is 10.3 Å². The van der Waals surface area contributed by atoms with Gasteiger partial charge in [0.05, 0.1) is 11.1 Å². The summed E-state index contributed by atoms with van der Waals surface area (Å²) in [7, 11) is 0. The van der Waals surface area contributed by atoms with Crippen LogP contribution in [0.2, 0.25) is 0 Å². The lowest BCUT2D eigenvalue weighted by Crippen LogP contribution is -2.41. The van der Waals surface area contributed by atoms with Crippen molar-refractivity contribution in [1.29, 1.82) is 0 Å². The minimum absolute atomic E-state index is 0.0734. The van der Waals surface area contributed by atoms with Crippen LogP contribution < -0.4 is 5.32 Å². The van der Waals surface area contributed by atoms with Gasteiger partial charge in [0.1, 0.15) is 0 Å². The molecule has 2 saturated carbocycles. The minimum atomic E-state index is 0.0734. The molecule has 4 rings (SSSR count). The molecule has 120 valence electrons. The summed E-state index contributed by atoms with van der Waals surface area (Å²) in [5.74, 6) is 1.20. The normalized spacial score (nSPS) is 24.6. The molecular weight excluding hydrogens is 284 g/mol. The number of rotatable bonds is 3. The van der Waals surface area contributed by atoms with E-state index in [0.717, 1.165) is 28.6 Å². The second-order valence-electron chi connectivity index (χ2n) is 7.23. The van der Waals surface area contributed by atoms with E-state index in [1.54, 1.807) is 0 Å². The van der Waals surface area contributed by atoms with E-state index in [1.165, 1.54) is 32.1 Å². The van der Waals surface area contributed by atoms with Crippen LogP contribution >= 0.6 is 0 Å². The predicted octanol–water partition coefficient (Wildman–Crippen LogP) is 4.42. The maximum Gasteiger partial charge on any atom is 0.252 e. The number of carbonyl (C=O) groups is 1. The fraction of sp³-hybridized carbons (Fsp3) is 0.500. The Hall–Kier alpha value is -1.90. The van der Waals surface area contributed by atoms with Crippen molar-refractivity contribution in [3.8, 4) is 0 Å². The Labute approximate surface area is 137 Å². The van der Waals surface area contributed by atoms with Gasteiger partial charge in [0.15, 0.2) is 0 Å². The maximum absolute atomic E-state index is 12.9. The second kappa shape index (κ2) is 5.95. The lowest BCUT2D eigenvalue weighted by atomic mass is 9.86. The number of pyridine rings is 1. The number of carbonyl (C=O) groups excluding carboxylic acids is 1. The molecule has 1 aromatic heterocycles. The van der Waals surface area contributed by atoms with E-state index < -0.39 is 0 Å². The van der Waals surface area contributed by atoms with Crippen LogP contribution in [0, 0.1) is 5.92 Å². The summed E-state index contributed by atoms with van der Waals surface area (Å²) in [5, 5.41) is 4.27. The molecule has 3 heteroatoms. The number of nitrogens with one attached hydrogen (secondary N) is 1. The van der Waals surface area contributed by atoms with E-state index in [2.05, 4.69) is 12.2 Å². The van der Waals surface area contributed by atoms with Crippen LogP contribution in [-0.2, 0) is 0 Å². The summed E-state index contributed by atoms with van der Waals surface area (Å²) in [6, 6.07) is 10.4. The van der Waals surface area contributed by atoms with Gasteiger partial charge in [-0.3, -0.25) is 9.78 Å². The molecule has 1 aromatic carbocycles. The van der Waals surface area contributed by atoms with E-state index in [0.29, 0.717) is 17.9 Å². The largest absolute Gasteiger partial charge is 0.349 e. The van der Waals surface area contributed by atoms with Gasteiger partial charge in [-0.2, -0.15) is 0 Å². The quantitative estimate of drug-likeness (QED) is 0.912. The predicted molar refractivity (Wildman–Crippen MR) is 92.6 cm³/mol. The molecule has 2 fully saturated rings. The minimum Gasteiger partial charge on any atom is -0.349 e. The van der Waals surface area contributed by atoms with Crippen LogP contribution in [0.4, 0.5) is 0 Å². The van der Waals surface area contributed by atoms with E-state index >= 15 is 0 Å². The summed E-state index contributed by atoms with van der Waals surface area (Å²) in [6.45, 7) is 2.25. The summed E-state index contributed by atoms with van der Waals surface area (Å²) in [5.41, 5.74) is 2.83. The Kier molecular flexibility index (Phi) is 3.80. The molecule has 1 amide bonds. The lowest BCUT2D eigenvalue weighted by molar-refractivity contribution is 0.0912. The Bertz CT molecular complexity index is 735. The van der Waals surface area contributed by atoms with Gasteiger partial charge in [-0.05, 0) is 43.7 Å². The van der Waals surface area contributed by atoms with Crippen molar-refractivity contribution in [2.24, 2.45) is 5.92 Å². The van der Waals surface area contributed by atoms with Crippen LogP contribution in [0.25, 0.3) is 10.9 Å². The summed E-state index contributed by atoms with van der Waals surface area (Å²) in [4.78, 5) is 17.7. The topological polar surface area (TPSA) is 42.0 Å². The monoisotopic (exact) mass is 308 g/mol. The van der Waals surface area contributed by atoms with Crippen molar-refractivity contribution < 1.29 is 4.79 Å². The van der Waals surface area contributed by atoms with Gasteiger partial charge in [-0.15, -0.1) is 0 Å². The average Bonchev–Trinajstić information content (AvgIpc) is 3.41. The number of benzene rings is 1. The van der Waals surface area contributed by atoms with Crippen LogP contribution in [0.5, 0.6) is 0 Å². The van der Waals surface area contributed by atoms with Gasteiger partial charge >= 0.3 is 0 Å². The van der Waals surface area contributed by atoms with E-state index in [-0.39, 0.29) is 5.91 Å². The summed E-state index contributed by atoms with van der Waals surface area (Å²) < 4.78 is 0. The van der Waals surface area contributed by atoms with Gasteiger partial charge in [0.25, 0.3) is 5.91 Å². The molecule has 0 radical (unpaired) electrons. The lowest BCUT2D eigenvalue weighted by Gasteiger charge is -2.29. The molecule has 3 nitrogen and oxygen atoms in total. The molecule has 1 heterocycles. The Morgan fingerprint density at radius 1 is 1.13 bits per heavy atom. The Morgan fingerprint density at radius 2 is 1.91 bits per heavy atom. The smallest absolute Gasteiger partial charge is 0.252 e. The number of hydrogen-bond donors (Lipinski definition) is 1. The molecule has 0 saturated heterocycles. The van der Waals surface area contributed by atoms with Crippen LogP contribution in [-0.4, -0.2) is 16.9 Å². The first kappa shape index (κ1) is 14.7. The summed E-state index contributed by atoms with van der Waals surface area (Å²) in [6.07, 6.45) is 7.23. The highest BCUT2D eigenvalue weighted by atomic mass is 16.1. The molecule has 23 heavy (non-hydrogen) atoms. The number of nitrogens with zero attached hydrogens (tertiary/aromatic N) is 1. The second-order valence-corrected chi connectivity index (χ2v) is 7.23. The van der Waals surface area contributed by atoms with E-state index in [9.17, 15) is 4.79 Å². The van der Waals surface area contributed by atoms with E-state index in [1.807, 2.05) is 30.3 Å². The number of fused-ring (bicyclic) bond motifs is 1. The highest BCUT2D eigenvalue weighted by Crippen LogP contribution is 2.40. The third-order valence-corrected chi connectivity index (χ3v) is 5.40. The highest BCUT2D eigenvalue weighted by molar-refractivity contribution is 6.06. The van der Waals surface area contributed by atoms with Crippen molar-refractivity contribution >= 4 is 16.8 Å². The molecule has 2 unspecified atom stereocenters. The first-order valence-corrected chi connectivity index (χ1v) is 8.93. The van der Waals surface area contributed by atoms with Crippen LogP contribution in [0.1, 0.15) is 67.4 Å². The van der Waals surface area contributed by atoms with Crippen molar-refractivity contribution in [3.05, 3.63) is 41.6 Å². The number of hydrogen-bond acceptors (Lipinski definition) is 2. The van der Waals surface area contributed by atoms with Crippen LogP contribution in [0.15, 0.2) is 30.3 Å². The average molecular weight is 308 g/mol. The molecule has 0 spiro atoms. The van der Waals surface area contributed by atoms with Crippen LogP contribution in [0.3, 0.4) is 0 Å². The van der Waals surface area contributed by atoms with Crippen molar-refractivity contribution in [3.63, 3.8) is 0 Å². The molecule has 2 atom stereocenters. The SMILES string of the molecule is CC1CCCCC1NC(=O)c1cc(C2CC2)nc2ccccc12. The zero-order valence-corrected chi connectivity index (χ0v) is 13.7.